The molecule has 0 radical (unpaired) electrons. The summed E-state index contributed by atoms with van der Waals surface area (Å²) in [6, 6.07) is 0. The fraction of sp³-hybridized carbons (Fsp3) is 0.526. The molecule has 3 rings (SSSR count). The Hall–Kier alpha value is -2.37. The minimum atomic E-state index is -1.13. The smallest absolute Gasteiger partial charge is 0.334 e. The first kappa shape index (κ1) is 17.5. The molecular weight excluding hydrogens is 324 g/mol. The highest BCUT2D eigenvalue weighted by Gasteiger charge is 2.53. The lowest BCUT2D eigenvalue weighted by Crippen LogP contribution is -2.43. The molecule has 2 saturated heterocycles. The Morgan fingerprint density at radius 1 is 1.40 bits per heavy atom. The fourth-order valence-corrected chi connectivity index (χ4v) is 3.64. The summed E-state index contributed by atoms with van der Waals surface area (Å²) in [7, 11) is 0. The third-order valence-corrected chi connectivity index (χ3v) is 5.13. The number of esters is 2. The van der Waals surface area contributed by atoms with Crippen molar-refractivity contribution in [1.82, 2.24) is 0 Å². The number of carbonyl (C=O) groups excluding carboxylic acids is 3. The van der Waals surface area contributed by atoms with E-state index < -0.39 is 35.7 Å². The van der Waals surface area contributed by atoms with Gasteiger partial charge in [0.25, 0.3) is 0 Å². The summed E-state index contributed by atoms with van der Waals surface area (Å²) in [6.07, 6.45) is 0.842. The van der Waals surface area contributed by atoms with Crippen LogP contribution in [-0.2, 0) is 28.6 Å². The van der Waals surface area contributed by atoms with Gasteiger partial charge in [-0.3, -0.25) is 4.79 Å². The van der Waals surface area contributed by atoms with Gasteiger partial charge in [0, 0.05) is 29.6 Å². The minimum absolute atomic E-state index is 0.104. The van der Waals surface area contributed by atoms with Crippen molar-refractivity contribution in [2.24, 2.45) is 11.8 Å². The van der Waals surface area contributed by atoms with Gasteiger partial charge in [0.1, 0.15) is 18.0 Å². The zero-order valence-corrected chi connectivity index (χ0v) is 14.7. The standard InChI is InChI=1S/C19H22O6/c1-9(2)17(21)24-14-8-19(5)15(20)7-12(25-19)10(3)6-13-16(14)11(4)18(22)23-13/h7,10,13-14,16H,1,4,6,8H2,2-3,5H3/t10-,13-,14-,16+,19-/m1/s1. The number of hydrogen-bond donors (Lipinski definition) is 0. The monoisotopic (exact) mass is 346 g/mol. The van der Waals surface area contributed by atoms with E-state index in [0.29, 0.717) is 12.2 Å². The highest BCUT2D eigenvalue weighted by atomic mass is 16.6. The van der Waals surface area contributed by atoms with Gasteiger partial charge in [0.15, 0.2) is 5.60 Å². The Balaban J connectivity index is 2.01. The molecule has 0 spiro atoms. The van der Waals surface area contributed by atoms with E-state index in [1.807, 2.05) is 6.92 Å². The van der Waals surface area contributed by atoms with Gasteiger partial charge in [-0.25, -0.2) is 9.59 Å². The SMILES string of the molecule is C=C(C)C(=O)O[C@@H]1C[C@@]2(C)OC(=CC2=O)[C@H](C)C[C@H]2OC(=O)C(=C)[C@H]12. The summed E-state index contributed by atoms with van der Waals surface area (Å²) in [4.78, 5) is 36.6. The van der Waals surface area contributed by atoms with Crippen molar-refractivity contribution < 1.29 is 28.6 Å². The van der Waals surface area contributed by atoms with Crippen LogP contribution >= 0.6 is 0 Å². The number of ketones is 1. The predicted octanol–water partition coefficient (Wildman–Crippen LogP) is 2.24. The first-order valence-corrected chi connectivity index (χ1v) is 8.33. The molecule has 3 aliphatic rings. The maximum Gasteiger partial charge on any atom is 0.334 e. The Morgan fingerprint density at radius 2 is 2.08 bits per heavy atom. The maximum absolute atomic E-state index is 12.5. The maximum atomic E-state index is 12.5. The molecule has 2 fully saturated rings. The molecule has 0 N–H and O–H groups in total. The Kier molecular flexibility index (Phi) is 4.09. The van der Waals surface area contributed by atoms with Crippen LogP contribution in [0.25, 0.3) is 0 Å². The van der Waals surface area contributed by atoms with Gasteiger partial charge in [0.2, 0.25) is 5.78 Å². The molecule has 0 amide bonds. The van der Waals surface area contributed by atoms with Crippen LogP contribution in [0.2, 0.25) is 0 Å². The van der Waals surface area contributed by atoms with E-state index in [9.17, 15) is 14.4 Å². The Bertz CT molecular complexity index is 717. The van der Waals surface area contributed by atoms with Gasteiger partial charge in [0.05, 0.1) is 5.92 Å². The molecule has 134 valence electrons. The number of fused-ring (bicyclic) bond motifs is 3. The van der Waals surface area contributed by atoms with Crippen molar-refractivity contribution in [2.75, 3.05) is 0 Å². The highest BCUT2D eigenvalue weighted by Crippen LogP contribution is 2.44. The number of hydrogen-bond acceptors (Lipinski definition) is 6. The van der Waals surface area contributed by atoms with Crippen LogP contribution in [0.3, 0.4) is 0 Å². The number of ether oxygens (including phenoxy) is 3. The molecule has 3 heterocycles. The van der Waals surface area contributed by atoms with Gasteiger partial charge < -0.3 is 14.2 Å². The highest BCUT2D eigenvalue weighted by molar-refractivity contribution is 5.99. The van der Waals surface area contributed by atoms with E-state index in [4.69, 9.17) is 14.2 Å². The zero-order valence-electron chi connectivity index (χ0n) is 14.7. The lowest BCUT2D eigenvalue weighted by molar-refractivity contribution is -0.153. The lowest BCUT2D eigenvalue weighted by atomic mass is 9.80. The summed E-state index contributed by atoms with van der Waals surface area (Å²) < 4.78 is 17.0. The van der Waals surface area contributed by atoms with Crippen molar-refractivity contribution in [3.63, 3.8) is 0 Å². The average Bonchev–Trinajstić information content (AvgIpc) is 2.96. The molecule has 0 unspecified atom stereocenters. The van der Waals surface area contributed by atoms with Crippen LogP contribution in [-0.4, -0.2) is 35.5 Å². The molecule has 5 atom stereocenters. The molecule has 6 nitrogen and oxygen atoms in total. The van der Waals surface area contributed by atoms with Crippen molar-refractivity contribution in [3.05, 3.63) is 36.1 Å². The normalized spacial score (nSPS) is 37.1. The average molecular weight is 346 g/mol. The number of rotatable bonds is 2. The van der Waals surface area contributed by atoms with Crippen molar-refractivity contribution in [1.29, 1.82) is 0 Å². The largest absolute Gasteiger partial charge is 0.483 e. The summed E-state index contributed by atoms with van der Waals surface area (Å²) in [5, 5.41) is 0. The van der Waals surface area contributed by atoms with Crippen LogP contribution in [0, 0.1) is 11.8 Å². The second-order valence-electron chi connectivity index (χ2n) is 7.30. The van der Waals surface area contributed by atoms with Crippen molar-refractivity contribution in [3.8, 4) is 0 Å². The molecular formula is C19H22O6. The molecule has 0 aromatic rings. The van der Waals surface area contributed by atoms with E-state index in [2.05, 4.69) is 13.2 Å². The summed E-state index contributed by atoms with van der Waals surface area (Å²) in [5.41, 5.74) is -0.632. The molecule has 0 aromatic heterocycles. The Morgan fingerprint density at radius 3 is 2.72 bits per heavy atom. The number of carbonyl (C=O) groups is 3. The molecule has 2 bridgehead atoms. The third kappa shape index (κ3) is 2.90. The predicted molar refractivity (Wildman–Crippen MR) is 88.2 cm³/mol. The molecule has 0 aliphatic carbocycles. The van der Waals surface area contributed by atoms with Gasteiger partial charge >= 0.3 is 11.9 Å². The second kappa shape index (κ2) is 5.86. The quantitative estimate of drug-likeness (QED) is 0.564. The van der Waals surface area contributed by atoms with E-state index in [1.165, 1.54) is 6.08 Å². The first-order chi connectivity index (χ1) is 11.6. The lowest BCUT2D eigenvalue weighted by Gasteiger charge is -2.31. The van der Waals surface area contributed by atoms with Crippen LogP contribution in [0.1, 0.15) is 33.6 Å². The van der Waals surface area contributed by atoms with E-state index >= 15 is 0 Å². The van der Waals surface area contributed by atoms with Crippen LogP contribution in [0.5, 0.6) is 0 Å². The van der Waals surface area contributed by atoms with E-state index in [-0.39, 0.29) is 29.3 Å². The molecule has 0 saturated carbocycles. The van der Waals surface area contributed by atoms with Gasteiger partial charge in [-0.05, 0) is 20.3 Å². The van der Waals surface area contributed by atoms with Crippen LogP contribution in [0.15, 0.2) is 36.1 Å². The minimum Gasteiger partial charge on any atom is -0.483 e. The van der Waals surface area contributed by atoms with E-state index in [1.54, 1.807) is 13.8 Å². The fourth-order valence-electron chi connectivity index (χ4n) is 3.64. The van der Waals surface area contributed by atoms with Crippen molar-refractivity contribution >= 4 is 17.7 Å². The zero-order chi connectivity index (χ0) is 18.5. The van der Waals surface area contributed by atoms with E-state index in [0.717, 1.165) is 0 Å². The molecule has 6 heteroatoms. The van der Waals surface area contributed by atoms with Crippen molar-refractivity contribution in [2.45, 2.75) is 51.4 Å². The Labute approximate surface area is 146 Å². The molecule has 0 aromatic carbocycles. The number of allylic oxidation sites excluding steroid dienone is 1. The molecule has 25 heavy (non-hydrogen) atoms. The summed E-state index contributed by atoms with van der Waals surface area (Å²) in [6.45, 7) is 12.5. The van der Waals surface area contributed by atoms with Gasteiger partial charge in [-0.2, -0.15) is 0 Å². The van der Waals surface area contributed by atoms with Crippen LogP contribution < -0.4 is 0 Å². The summed E-state index contributed by atoms with van der Waals surface area (Å²) in [5.74, 6) is -1.27. The van der Waals surface area contributed by atoms with Crippen LogP contribution in [0.4, 0.5) is 0 Å². The summed E-state index contributed by atoms with van der Waals surface area (Å²) >= 11 is 0. The molecule has 3 aliphatic heterocycles. The second-order valence-corrected chi connectivity index (χ2v) is 7.30. The third-order valence-electron chi connectivity index (χ3n) is 5.13. The van der Waals surface area contributed by atoms with Gasteiger partial charge in [-0.15, -0.1) is 0 Å². The first-order valence-electron chi connectivity index (χ1n) is 8.33. The topological polar surface area (TPSA) is 78.9 Å². The van der Waals surface area contributed by atoms with Gasteiger partial charge in [-0.1, -0.05) is 20.1 Å².